The summed E-state index contributed by atoms with van der Waals surface area (Å²) < 4.78 is 5.47. The van der Waals surface area contributed by atoms with Crippen LogP contribution in [0.25, 0.3) is 43.6 Å². The molecule has 2 aromatic heterocycles. The SMILES string of the molecule is c1ccc([Si]2(c3ccccc3)n3c4ccccc4c4ccc5c6ccccc6n2c5c43)cc1. The van der Waals surface area contributed by atoms with Gasteiger partial charge in [0.1, 0.15) is 0 Å². The van der Waals surface area contributed by atoms with E-state index >= 15 is 0 Å². The predicted octanol–water partition coefficient (Wildman–Crippen LogP) is 5.87. The molecule has 0 spiro atoms. The van der Waals surface area contributed by atoms with E-state index in [0.29, 0.717) is 0 Å². The summed E-state index contributed by atoms with van der Waals surface area (Å²) in [5, 5.41) is 8.19. The Balaban J connectivity index is 1.76. The van der Waals surface area contributed by atoms with Crippen molar-refractivity contribution in [3.8, 4) is 0 Å². The zero-order valence-corrected chi connectivity index (χ0v) is 18.9. The topological polar surface area (TPSA) is 9.86 Å². The predicted molar refractivity (Wildman–Crippen MR) is 141 cm³/mol. The van der Waals surface area contributed by atoms with Crippen molar-refractivity contribution in [2.75, 3.05) is 0 Å². The molecular weight excluding hydrogens is 416 g/mol. The molecule has 3 heteroatoms. The smallest absolute Gasteiger partial charge is 0.340 e. The summed E-state index contributed by atoms with van der Waals surface area (Å²) in [7, 11) is -2.68. The fraction of sp³-hybridized carbons (Fsp3) is 0. The summed E-state index contributed by atoms with van der Waals surface area (Å²) in [6, 6.07) is 45.0. The largest absolute Gasteiger partial charge is 0.340 e. The van der Waals surface area contributed by atoms with Crippen LogP contribution in [-0.4, -0.2) is 16.9 Å². The molecule has 0 radical (unpaired) electrons. The van der Waals surface area contributed by atoms with E-state index in [0.717, 1.165) is 0 Å². The lowest BCUT2D eigenvalue weighted by atomic mass is 10.1. The average molecular weight is 437 g/mol. The Morgan fingerprint density at radius 1 is 0.364 bits per heavy atom. The van der Waals surface area contributed by atoms with Crippen LogP contribution in [0.4, 0.5) is 0 Å². The highest BCUT2D eigenvalue weighted by molar-refractivity contribution is 7.03. The Morgan fingerprint density at radius 3 is 1.21 bits per heavy atom. The Bertz CT molecular complexity index is 1720. The van der Waals surface area contributed by atoms with Crippen molar-refractivity contribution in [3.63, 3.8) is 0 Å². The number of hydrogen-bond donors (Lipinski definition) is 0. The van der Waals surface area contributed by atoms with Gasteiger partial charge in [-0.1, -0.05) is 109 Å². The molecule has 0 unspecified atom stereocenters. The molecule has 0 fully saturated rings. The number of aromatic nitrogens is 2. The molecule has 154 valence electrons. The molecule has 0 atom stereocenters. The molecule has 7 aromatic rings. The minimum Gasteiger partial charge on any atom is -0.340 e. The zero-order valence-electron chi connectivity index (χ0n) is 17.9. The van der Waals surface area contributed by atoms with E-state index < -0.39 is 8.40 Å². The first kappa shape index (κ1) is 17.5. The van der Waals surface area contributed by atoms with Crippen molar-refractivity contribution in [1.29, 1.82) is 0 Å². The third kappa shape index (κ3) is 1.92. The van der Waals surface area contributed by atoms with Gasteiger partial charge in [-0.05, 0) is 22.5 Å². The van der Waals surface area contributed by atoms with E-state index in [-0.39, 0.29) is 0 Å². The molecule has 0 aliphatic carbocycles. The van der Waals surface area contributed by atoms with Crippen LogP contribution in [-0.2, 0) is 0 Å². The van der Waals surface area contributed by atoms with Crippen LogP contribution in [0.15, 0.2) is 121 Å². The fourth-order valence-electron chi connectivity index (χ4n) is 6.30. The Kier molecular flexibility index (Phi) is 3.19. The van der Waals surface area contributed by atoms with Crippen molar-refractivity contribution in [2.45, 2.75) is 0 Å². The van der Waals surface area contributed by atoms with Gasteiger partial charge < -0.3 is 8.47 Å². The molecule has 0 saturated heterocycles. The fourth-order valence-corrected chi connectivity index (χ4v) is 11.4. The van der Waals surface area contributed by atoms with Crippen molar-refractivity contribution in [2.24, 2.45) is 0 Å². The molecule has 3 heterocycles. The van der Waals surface area contributed by atoms with Gasteiger partial charge in [-0.3, -0.25) is 0 Å². The first-order valence-corrected chi connectivity index (χ1v) is 13.4. The lowest BCUT2D eigenvalue weighted by Crippen LogP contribution is -2.67. The second-order valence-corrected chi connectivity index (χ2v) is 12.4. The van der Waals surface area contributed by atoms with Gasteiger partial charge in [-0.15, -0.1) is 0 Å². The van der Waals surface area contributed by atoms with Gasteiger partial charge in [0.2, 0.25) is 0 Å². The monoisotopic (exact) mass is 436 g/mol. The third-order valence-corrected chi connectivity index (χ3v) is 12.0. The Labute approximate surface area is 192 Å². The number of fused-ring (bicyclic) bond motifs is 6. The zero-order chi connectivity index (χ0) is 21.6. The average Bonchev–Trinajstić information content (AvgIpc) is 3.52. The summed E-state index contributed by atoms with van der Waals surface area (Å²) in [5.41, 5.74) is 5.41. The van der Waals surface area contributed by atoms with Crippen molar-refractivity contribution >= 4 is 62.4 Å². The Morgan fingerprint density at radius 2 is 0.758 bits per heavy atom. The second-order valence-electron chi connectivity index (χ2n) is 8.97. The molecule has 5 aromatic carbocycles. The van der Waals surface area contributed by atoms with Gasteiger partial charge in [0.25, 0.3) is 0 Å². The number of hydrogen-bond acceptors (Lipinski definition) is 0. The molecule has 0 bridgehead atoms. The number of para-hydroxylation sites is 2. The van der Waals surface area contributed by atoms with Crippen LogP contribution in [0.3, 0.4) is 0 Å². The summed E-state index contributed by atoms with van der Waals surface area (Å²) in [4.78, 5) is 0. The molecule has 0 N–H and O–H groups in total. The molecule has 33 heavy (non-hydrogen) atoms. The van der Waals surface area contributed by atoms with Gasteiger partial charge in [-0.25, -0.2) is 0 Å². The molecule has 1 aliphatic heterocycles. The molecule has 0 amide bonds. The molecular formula is C30H20N2Si. The highest BCUT2D eigenvalue weighted by Crippen LogP contribution is 2.45. The van der Waals surface area contributed by atoms with Crippen LogP contribution < -0.4 is 10.4 Å². The minimum absolute atomic E-state index is 1.33. The van der Waals surface area contributed by atoms with E-state index in [1.807, 2.05) is 0 Å². The summed E-state index contributed by atoms with van der Waals surface area (Å²) in [6.07, 6.45) is 0. The maximum atomic E-state index is 2.73. The second kappa shape index (κ2) is 6.03. The lowest BCUT2D eigenvalue weighted by molar-refractivity contribution is 1.21. The number of benzene rings is 5. The number of nitrogens with zero attached hydrogens (tertiary/aromatic N) is 2. The van der Waals surface area contributed by atoms with Crippen LogP contribution in [0, 0.1) is 0 Å². The standard InChI is InChI=1S/C30H20N2Si/c1-3-11-21(12-4-1)33(22-13-5-2-6-14-22)31-27-17-9-7-15-23(27)25-19-20-26-24-16-8-10-18-28(24)32(33)30(26)29(25)31/h1-20H. The highest BCUT2D eigenvalue weighted by atomic mass is 28.3. The minimum atomic E-state index is -2.68. The number of rotatable bonds is 2. The van der Waals surface area contributed by atoms with Crippen LogP contribution >= 0.6 is 0 Å². The summed E-state index contributed by atoms with van der Waals surface area (Å²) in [5.74, 6) is 0. The van der Waals surface area contributed by atoms with E-state index in [1.165, 1.54) is 54.0 Å². The van der Waals surface area contributed by atoms with E-state index in [1.54, 1.807) is 0 Å². The lowest BCUT2D eigenvalue weighted by Gasteiger charge is -2.33. The van der Waals surface area contributed by atoms with Crippen LogP contribution in [0.1, 0.15) is 0 Å². The van der Waals surface area contributed by atoms with E-state index in [9.17, 15) is 0 Å². The normalized spacial score (nSPS) is 14.3. The van der Waals surface area contributed by atoms with Gasteiger partial charge >= 0.3 is 8.40 Å². The maximum Gasteiger partial charge on any atom is 0.340 e. The van der Waals surface area contributed by atoms with E-state index in [2.05, 4.69) is 130 Å². The third-order valence-electron chi connectivity index (χ3n) is 7.47. The van der Waals surface area contributed by atoms with Gasteiger partial charge in [0, 0.05) is 32.6 Å². The first-order chi connectivity index (χ1) is 16.4. The molecule has 8 rings (SSSR count). The molecule has 1 aliphatic rings. The molecule has 0 saturated carbocycles. The van der Waals surface area contributed by atoms with Crippen molar-refractivity contribution in [3.05, 3.63) is 121 Å². The summed E-state index contributed by atoms with van der Waals surface area (Å²) >= 11 is 0. The quantitative estimate of drug-likeness (QED) is 0.300. The summed E-state index contributed by atoms with van der Waals surface area (Å²) in [6.45, 7) is 0. The first-order valence-electron chi connectivity index (χ1n) is 11.5. The van der Waals surface area contributed by atoms with Gasteiger partial charge in [0.05, 0.1) is 11.0 Å². The van der Waals surface area contributed by atoms with Crippen LogP contribution in [0.5, 0.6) is 0 Å². The molecule has 2 nitrogen and oxygen atoms in total. The highest BCUT2D eigenvalue weighted by Gasteiger charge is 2.50. The van der Waals surface area contributed by atoms with Gasteiger partial charge in [-0.2, -0.15) is 0 Å². The van der Waals surface area contributed by atoms with Gasteiger partial charge in [0.15, 0.2) is 0 Å². The van der Waals surface area contributed by atoms with Crippen molar-refractivity contribution in [1.82, 2.24) is 8.47 Å². The maximum absolute atomic E-state index is 2.73. The Hall–Kier alpha value is -4.08. The van der Waals surface area contributed by atoms with Crippen molar-refractivity contribution < 1.29 is 0 Å². The van der Waals surface area contributed by atoms with Crippen LogP contribution in [0.2, 0.25) is 0 Å². The van der Waals surface area contributed by atoms with E-state index in [4.69, 9.17) is 0 Å².